The van der Waals surface area contributed by atoms with Crippen LogP contribution in [-0.4, -0.2) is 29.5 Å². The van der Waals surface area contributed by atoms with Crippen LogP contribution in [0.2, 0.25) is 0 Å². The monoisotopic (exact) mass is 306 g/mol. The fraction of sp³-hybridized carbons (Fsp3) is 0.647. The topological polar surface area (TPSA) is 71.2 Å². The number of aryl methyl sites for hydroxylation is 1. The van der Waals surface area contributed by atoms with Gasteiger partial charge >= 0.3 is 5.97 Å². The summed E-state index contributed by atoms with van der Waals surface area (Å²) in [6.07, 6.45) is 6.91. The van der Waals surface area contributed by atoms with Crippen molar-refractivity contribution in [2.75, 3.05) is 6.61 Å². The van der Waals surface area contributed by atoms with E-state index in [0.717, 1.165) is 12.8 Å². The molecule has 1 amide bonds. The zero-order valence-electron chi connectivity index (χ0n) is 13.8. The number of rotatable bonds is 4. The molecule has 0 unspecified atom stereocenters. The summed E-state index contributed by atoms with van der Waals surface area (Å²) in [5, 5.41) is 3.11. The lowest BCUT2D eigenvalue weighted by Gasteiger charge is -2.16. The van der Waals surface area contributed by atoms with E-state index in [2.05, 4.69) is 10.3 Å². The quantitative estimate of drug-likeness (QED) is 0.662. The average molecular weight is 306 g/mol. The van der Waals surface area contributed by atoms with Gasteiger partial charge in [0.2, 0.25) is 0 Å². The lowest BCUT2D eigenvalue weighted by molar-refractivity contribution is 0.0525. The molecule has 0 spiro atoms. The first kappa shape index (κ1) is 16.6. The van der Waals surface area contributed by atoms with E-state index < -0.39 is 0 Å². The lowest BCUT2D eigenvalue weighted by Crippen LogP contribution is -2.35. The van der Waals surface area contributed by atoms with Crippen molar-refractivity contribution in [3.63, 3.8) is 0 Å². The second-order valence-corrected chi connectivity index (χ2v) is 6.01. The molecule has 2 N–H and O–H groups in total. The molecule has 0 aliphatic heterocycles. The highest BCUT2D eigenvalue weighted by molar-refractivity contribution is 6.00. The maximum Gasteiger partial charge on any atom is 0.340 e. The molecular formula is C17H26N2O3. The van der Waals surface area contributed by atoms with Gasteiger partial charge in [0.1, 0.15) is 5.69 Å². The van der Waals surface area contributed by atoms with Crippen LogP contribution in [0.15, 0.2) is 0 Å². The molecule has 0 radical (unpaired) electrons. The Morgan fingerprint density at radius 2 is 1.82 bits per heavy atom. The number of amides is 1. The highest BCUT2D eigenvalue weighted by atomic mass is 16.5. The van der Waals surface area contributed by atoms with Crippen LogP contribution < -0.4 is 5.32 Å². The molecule has 1 heterocycles. The maximum atomic E-state index is 12.5. The van der Waals surface area contributed by atoms with Gasteiger partial charge in [-0.1, -0.05) is 25.7 Å². The summed E-state index contributed by atoms with van der Waals surface area (Å²) < 4.78 is 5.06. The summed E-state index contributed by atoms with van der Waals surface area (Å²) in [6.45, 7) is 5.68. The maximum absolute atomic E-state index is 12.5. The molecule has 5 nitrogen and oxygen atoms in total. The Morgan fingerprint density at radius 1 is 1.18 bits per heavy atom. The molecular weight excluding hydrogens is 280 g/mol. The van der Waals surface area contributed by atoms with Crippen molar-refractivity contribution in [3.8, 4) is 0 Å². The van der Waals surface area contributed by atoms with Crippen LogP contribution >= 0.6 is 0 Å². The van der Waals surface area contributed by atoms with Gasteiger partial charge in [-0.15, -0.1) is 0 Å². The second-order valence-electron chi connectivity index (χ2n) is 6.01. The number of nitrogens with one attached hydrogen (secondary N) is 2. The molecule has 5 heteroatoms. The predicted octanol–water partition coefficient (Wildman–Crippen LogP) is 3.26. The van der Waals surface area contributed by atoms with Crippen molar-refractivity contribution in [2.24, 2.45) is 0 Å². The SMILES string of the molecule is CCOC(=O)c1c(C)[nH]c(C(=O)NC2CCCCCC2)c1C. The van der Waals surface area contributed by atoms with Crippen LogP contribution in [-0.2, 0) is 4.74 Å². The Bertz CT molecular complexity index is 540. The highest BCUT2D eigenvalue weighted by Crippen LogP contribution is 2.21. The third kappa shape index (κ3) is 3.70. The molecule has 0 bridgehead atoms. The summed E-state index contributed by atoms with van der Waals surface area (Å²) in [5.41, 5.74) is 2.31. The van der Waals surface area contributed by atoms with E-state index in [0.29, 0.717) is 29.1 Å². The minimum absolute atomic E-state index is 0.122. The predicted molar refractivity (Wildman–Crippen MR) is 85.2 cm³/mol. The minimum Gasteiger partial charge on any atom is -0.462 e. The van der Waals surface area contributed by atoms with Gasteiger partial charge < -0.3 is 15.0 Å². The van der Waals surface area contributed by atoms with E-state index in [1.165, 1.54) is 25.7 Å². The molecule has 1 aliphatic rings. The van der Waals surface area contributed by atoms with Crippen LogP contribution in [0.1, 0.15) is 77.6 Å². The summed E-state index contributed by atoms with van der Waals surface area (Å²) in [7, 11) is 0. The van der Waals surface area contributed by atoms with Crippen LogP contribution in [0.25, 0.3) is 0 Å². The van der Waals surface area contributed by atoms with Crippen molar-refractivity contribution < 1.29 is 14.3 Å². The van der Waals surface area contributed by atoms with Gasteiger partial charge in [0.05, 0.1) is 12.2 Å². The molecule has 1 aromatic heterocycles. The molecule has 0 saturated heterocycles. The van der Waals surface area contributed by atoms with Gasteiger partial charge in [-0.2, -0.15) is 0 Å². The lowest BCUT2D eigenvalue weighted by atomic mass is 10.1. The third-order valence-electron chi connectivity index (χ3n) is 4.33. The van der Waals surface area contributed by atoms with Crippen molar-refractivity contribution in [3.05, 3.63) is 22.5 Å². The molecule has 2 rings (SSSR count). The van der Waals surface area contributed by atoms with Crippen LogP contribution in [0.5, 0.6) is 0 Å². The first-order chi connectivity index (χ1) is 10.5. The van der Waals surface area contributed by atoms with E-state index in [9.17, 15) is 9.59 Å². The molecule has 1 saturated carbocycles. The van der Waals surface area contributed by atoms with Gasteiger partial charge in [0.25, 0.3) is 5.91 Å². The third-order valence-corrected chi connectivity index (χ3v) is 4.33. The number of carbonyl (C=O) groups is 2. The Labute approximate surface area is 131 Å². The summed E-state index contributed by atoms with van der Waals surface area (Å²) >= 11 is 0. The van der Waals surface area contributed by atoms with Crippen molar-refractivity contribution >= 4 is 11.9 Å². The van der Waals surface area contributed by atoms with Gasteiger partial charge in [0.15, 0.2) is 0 Å². The number of hydrogen-bond donors (Lipinski definition) is 2. The first-order valence-electron chi connectivity index (χ1n) is 8.21. The molecule has 1 aliphatic carbocycles. The number of aromatic nitrogens is 1. The van der Waals surface area contributed by atoms with E-state index in [1.54, 1.807) is 20.8 Å². The molecule has 1 aromatic rings. The van der Waals surface area contributed by atoms with Gasteiger partial charge in [0, 0.05) is 11.7 Å². The average Bonchev–Trinajstić information content (AvgIpc) is 2.65. The number of aromatic amines is 1. The summed E-state index contributed by atoms with van der Waals surface area (Å²) in [4.78, 5) is 27.5. The smallest absolute Gasteiger partial charge is 0.340 e. The molecule has 1 fully saturated rings. The molecule has 0 atom stereocenters. The van der Waals surface area contributed by atoms with Crippen molar-refractivity contribution in [2.45, 2.75) is 65.3 Å². The summed E-state index contributed by atoms with van der Waals surface area (Å²) in [6, 6.07) is 0.240. The standard InChI is InChI=1S/C17H26N2O3/c1-4-22-17(21)14-11(2)15(18-12(14)3)16(20)19-13-9-7-5-6-8-10-13/h13,18H,4-10H2,1-3H3,(H,19,20). The van der Waals surface area contributed by atoms with Gasteiger partial charge in [-0.05, 0) is 39.2 Å². The van der Waals surface area contributed by atoms with Crippen LogP contribution in [0.4, 0.5) is 0 Å². The van der Waals surface area contributed by atoms with Gasteiger partial charge in [-0.3, -0.25) is 4.79 Å². The Kier molecular flexibility index (Phi) is 5.63. The Balaban J connectivity index is 2.12. The van der Waals surface area contributed by atoms with Crippen LogP contribution in [0, 0.1) is 13.8 Å². The number of ether oxygens (including phenoxy) is 1. The highest BCUT2D eigenvalue weighted by Gasteiger charge is 2.24. The number of H-pyrrole nitrogens is 1. The van der Waals surface area contributed by atoms with E-state index in [1.807, 2.05) is 0 Å². The molecule has 122 valence electrons. The van der Waals surface area contributed by atoms with E-state index in [4.69, 9.17) is 4.74 Å². The minimum atomic E-state index is -0.373. The number of carbonyl (C=O) groups excluding carboxylic acids is 2. The normalized spacial score (nSPS) is 16.1. The molecule has 0 aromatic carbocycles. The zero-order chi connectivity index (χ0) is 16.1. The zero-order valence-corrected chi connectivity index (χ0v) is 13.8. The second kappa shape index (κ2) is 7.47. The van der Waals surface area contributed by atoms with E-state index >= 15 is 0 Å². The molecule has 22 heavy (non-hydrogen) atoms. The largest absolute Gasteiger partial charge is 0.462 e. The first-order valence-corrected chi connectivity index (χ1v) is 8.21. The number of esters is 1. The fourth-order valence-electron chi connectivity index (χ4n) is 3.17. The Morgan fingerprint density at radius 3 is 2.41 bits per heavy atom. The van der Waals surface area contributed by atoms with Crippen LogP contribution in [0.3, 0.4) is 0 Å². The Hall–Kier alpha value is -1.78. The van der Waals surface area contributed by atoms with Crippen molar-refractivity contribution in [1.29, 1.82) is 0 Å². The number of hydrogen-bond acceptors (Lipinski definition) is 3. The van der Waals surface area contributed by atoms with Gasteiger partial charge in [-0.25, -0.2) is 4.79 Å². The van der Waals surface area contributed by atoms with Crippen molar-refractivity contribution in [1.82, 2.24) is 10.3 Å². The van der Waals surface area contributed by atoms with E-state index in [-0.39, 0.29) is 17.9 Å². The fourth-order valence-corrected chi connectivity index (χ4v) is 3.17. The summed E-state index contributed by atoms with van der Waals surface area (Å²) in [5.74, 6) is -0.495.